The van der Waals surface area contributed by atoms with Gasteiger partial charge in [-0.05, 0) is 37.0 Å². The highest BCUT2D eigenvalue weighted by Crippen LogP contribution is 2.31. The Morgan fingerprint density at radius 1 is 1.36 bits per heavy atom. The fraction of sp³-hybridized carbons (Fsp3) is 0.353. The number of carbonyl (C=O) groups excluding carboxylic acids is 1. The molecule has 0 saturated heterocycles. The van der Waals surface area contributed by atoms with Crippen LogP contribution in [0, 0.1) is 17.6 Å². The van der Waals surface area contributed by atoms with Gasteiger partial charge in [-0.15, -0.1) is 0 Å². The summed E-state index contributed by atoms with van der Waals surface area (Å²) in [5, 5.41) is 3.24. The molecule has 0 spiro atoms. The third kappa shape index (κ3) is 4.71. The number of allylic oxidation sites excluding steroid dienone is 3. The number of hydroxylamine groups is 1. The molecule has 1 aromatic rings. The van der Waals surface area contributed by atoms with Crippen LogP contribution in [0.1, 0.15) is 29.6 Å². The normalized spacial score (nSPS) is 19.9. The van der Waals surface area contributed by atoms with Crippen molar-refractivity contribution in [2.75, 3.05) is 11.9 Å². The molecule has 0 radical (unpaired) electrons. The summed E-state index contributed by atoms with van der Waals surface area (Å²) in [5.74, 6) is -2.39. The summed E-state index contributed by atoms with van der Waals surface area (Å²) in [5.41, 5.74) is 2.39. The van der Waals surface area contributed by atoms with Crippen molar-refractivity contribution < 1.29 is 18.4 Å². The maximum Gasteiger partial charge on any atom is 0.277 e. The lowest BCUT2D eigenvalue weighted by Gasteiger charge is -2.19. The van der Waals surface area contributed by atoms with Crippen LogP contribution in [0.4, 0.5) is 14.5 Å². The number of rotatable bonds is 6. The van der Waals surface area contributed by atoms with E-state index in [1.165, 1.54) is 6.07 Å². The van der Waals surface area contributed by atoms with Gasteiger partial charge < -0.3 is 5.32 Å². The highest BCUT2D eigenvalue weighted by molar-refractivity contribution is 14.1. The molecule has 1 amide bonds. The van der Waals surface area contributed by atoms with Gasteiger partial charge in [0.25, 0.3) is 5.91 Å². The number of benzene rings is 1. The van der Waals surface area contributed by atoms with Gasteiger partial charge in [0.1, 0.15) is 0 Å². The Labute approximate surface area is 162 Å². The van der Waals surface area contributed by atoms with Gasteiger partial charge >= 0.3 is 0 Å². The van der Waals surface area contributed by atoms with Crippen molar-refractivity contribution in [2.24, 2.45) is 5.92 Å². The summed E-state index contributed by atoms with van der Waals surface area (Å²) in [6.07, 6.45) is 6.31. The second-order valence-electron chi connectivity index (χ2n) is 5.99. The van der Waals surface area contributed by atoms with E-state index >= 15 is 0 Å². The van der Waals surface area contributed by atoms with E-state index in [1.807, 2.05) is 6.08 Å². The predicted octanol–water partition coefficient (Wildman–Crippen LogP) is 4.66. The molecule has 8 heteroatoms. The lowest BCUT2D eigenvalue weighted by Crippen LogP contribution is -2.26. The largest absolute Gasteiger partial charge is 0.351 e. The van der Waals surface area contributed by atoms with Crippen LogP contribution in [0.3, 0.4) is 0 Å². The maximum atomic E-state index is 14.3. The molecule has 0 heterocycles. The number of halogens is 4. The molecule has 2 aliphatic rings. The first-order valence-corrected chi connectivity index (χ1v) is 9.46. The van der Waals surface area contributed by atoms with Crippen LogP contribution in [0.15, 0.2) is 35.0 Å². The van der Waals surface area contributed by atoms with Crippen LogP contribution < -0.4 is 10.8 Å². The molecule has 1 aromatic carbocycles. The van der Waals surface area contributed by atoms with Gasteiger partial charge in [-0.3, -0.25) is 9.63 Å². The molecule has 0 bridgehead atoms. The van der Waals surface area contributed by atoms with E-state index in [4.69, 9.17) is 16.4 Å². The van der Waals surface area contributed by atoms with Gasteiger partial charge in [0.2, 0.25) is 0 Å². The first-order chi connectivity index (χ1) is 12.0. The Balaban J connectivity index is 1.81. The smallest absolute Gasteiger partial charge is 0.277 e. The minimum Gasteiger partial charge on any atom is -0.351 e. The molecule has 134 valence electrons. The number of carbonyl (C=O) groups is 1. The molecule has 1 atom stereocenters. The quantitative estimate of drug-likeness (QED) is 0.354. The summed E-state index contributed by atoms with van der Waals surface area (Å²) in [4.78, 5) is 17.4. The van der Waals surface area contributed by atoms with Crippen LogP contribution >= 0.6 is 34.2 Å². The summed E-state index contributed by atoms with van der Waals surface area (Å²) in [6.45, 7) is 0.412. The summed E-state index contributed by atoms with van der Waals surface area (Å²) < 4.78 is 28.2. The van der Waals surface area contributed by atoms with Gasteiger partial charge in [0, 0.05) is 15.4 Å². The highest BCUT2D eigenvalue weighted by atomic mass is 127. The van der Waals surface area contributed by atoms with Gasteiger partial charge in [0.15, 0.2) is 11.6 Å². The van der Waals surface area contributed by atoms with E-state index in [0.29, 0.717) is 29.7 Å². The molecule has 3 rings (SSSR count). The second-order valence-corrected chi connectivity index (χ2v) is 8.05. The first-order valence-electron chi connectivity index (χ1n) is 7.83. The topological polar surface area (TPSA) is 50.4 Å². The van der Waals surface area contributed by atoms with Crippen LogP contribution in [0.5, 0.6) is 0 Å². The Bertz CT molecular complexity index is 750. The molecule has 2 N–H and O–H groups in total. The fourth-order valence-corrected chi connectivity index (χ4v) is 3.50. The lowest BCUT2D eigenvalue weighted by molar-refractivity contribution is 0.0270. The van der Waals surface area contributed by atoms with Crippen LogP contribution in [-0.4, -0.2) is 16.4 Å². The molecule has 1 fully saturated rings. The van der Waals surface area contributed by atoms with E-state index < -0.39 is 17.5 Å². The fourth-order valence-electron chi connectivity index (χ4n) is 2.31. The van der Waals surface area contributed by atoms with Crippen molar-refractivity contribution in [2.45, 2.75) is 23.2 Å². The maximum absolute atomic E-state index is 14.3. The Kier molecular flexibility index (Phi) is 5.96. The second kappa shape index (κ2) is 8.01. The molecule has 0 aromatic heterocycles. The third-order valence-corrected chi connectivity index (χ3v) is 5.13. The Morgan fingerprint density at radius 3 is 2.80 bits per heavy atom. The molecule has 1 unspecified atom stereocenters. The molecule has 1 saturated carbocycles. The molecular weight excluding hydrogens is 465 g/mol. The van der Waals surface area contributed by atoms with Crippen LogP contribution in [0.25, 0.3) is 0 Å². The molecule has 2 aliphatic carbocycles. The number of hydrogen-bond acceptors (Lipinski definition) is 3. The molecule has 0 aliphatic heterocycles. The van der Waals surface area contributed by atoms with Crippen molar-refractivity contribution in [3.8, 4) is 0 Å². The highest BCUT2D eigenvalue weighted by Gasteiger charge is 2.24. The van der Waals surface area contributed by atoms with Crippen molar-refractivity contribution in [1.29, 1.82) is 0 Å². The van der Waals surface area contributed by atoms with Crippen LogP contribution in [0.2, 0.25) is 0 Å². The van der Waals surface area contributed by atoms with Gasteiger partial charge in [0.05, 0.1) is 23.6 Å². The summed E-state index contributed by atoms with van der Waals surface area (Å²) in [6, 6.07) is 2.11. The molecular formula is C17H16ClF2IN2O2. The summed E-state index contributed by atoms with van der Waals surface area (Å²) >= 11 is 8.42. The zero-order valence-corrected chi connectivity index (χ0v) is 16.0. The van der Waals surface area contributed by atoms with Gasteiger partial charge in [-0.2, -0.15) is 0 Å². The zero-order valence-electron chi connectivity index (χ0n) is 13.1. The zero-order chi connectivity index (χ0) is 18.0. The van der Waals surface area contributed by atoms with Crippen molar-refractivity contribution in [1.82, 2.24) is 5.48 Å². The lowest BCUT2D eigenvalue weighted by atomic mass is 10.1. The number of hydrogen-bond donors (Lipinski definition) is 2. The minimum atomic E-state index is -1.14. The first kappa shape index (κ1) is 18.6. The van der Waals surface area contributed by atoms with E-state index in [9.17, 15) is 13.6 Å². The van der Waals surface area contributed by atoms with E-state index in [0.717, 1.165) is 18.9 Å². The van der Waals surface area contributed by atoms with Crippen molar-refractivity contribution in [3.63, 3.8) is 0 Å². The average molecular weight is 481 g/mol. The van der Waals surface area contributed by atoms with E-state index in [-0.39, 0.29) is 15.2 Å². The van der Waals surface area contributed by atoms with Crippen LogP contribution in [-0.2, 0) is 4.84 Å². The molecule has 25 heavy (non-hydrogen) atoms. The number of nitrogens with one attached hydrogen (secondary N) is 2. The van der Waals surface area contributed by atoms with E-state index in [1.54, 1.807) is 6.08 Å². The van der Waals surface area contributed by atoms with Gasteiger partial charge in [-0.25, -0.2) is 14.3 Å². The number of anilines is 1. The van der Waals surface area contributed by atoms with Crippen molar-refractivity contribution in [3.05, 3.63) is 52.2 Å². The number of alkyl halides is 1. The van der Waals surface area contributed by atoms with E-state index in [2.05, 4.69) is 33.4 Å². The third-order valence-electron chi connectivity index (χ3n) is 3.92. The Hall–Kier alpha value is -1.19. The summed E-state index contributed by atoms with van der Waals surface area (Å²) in [7, 11) is 0. The average Bonchev–Trinajstić information content (AvgIpc) is 3.38. The predicted molar refractivity (Wildman–Crippen MR) is 101 cm³/mol. The Morgan fingerprint density at radius 2 is 2.12 bits per heavy atom. The monoisotopic (exact) mass is 480 g/mol. The number of amides is 1. The standard InChI is InChI=1S/C17H16ClF2IN2O2/c18-12-7-10(21)3-6-14(12)22-16-11(4-5-13(19)15(16)20)17(24)23-25-8-9-1-2-9/h3-6,9-10,22H,1-2,7-8H2,(H,23,24). The van der Waals surface area contributed by atoms with Crippen molar-refractivity contribution >= 4 is 45.8 Å². The van der Waals surface area contributed by atoms with Gasteiger partial charge in [-0.1, -0.05) is 40.3 Å². The minimum absolute atomic E-state index is 0.0586. The molecule has 4 nitrogen and oxygen atoms in total. The SMILES string of the molecule is O=C(NOCC1CC1)c1ccc(F)c(F)c1NC1=C(Cl)CC(I)C=C1.